The van der Waals surface area contributed by atoms with Gasteiger partial charge in [-0.1, -0.05) is 0 Å². The number of carbonyl (C=O) groups is 2. The lowest BCUT2D eigenvalue weighted by Gasteiger charge is -2.08. The summed E-state index contributed by atoms with van der Waals surface area (Å²) in [4.78, 5) is 23.2. The van der Waals surface area contributed by atoms with Gasteiger partial charge in [0.1, 0.15) is 5.75 Å². The average molecular weight is 291 g/mol. The van der Waals surface area contributed by atoms with Gasteiger partial charge in [-0.3, -0.25) is 4.79 Å². The Morgan fingerprint density at radius 3 is 2.38 bits per heavy atom. The van der Waals surface area contributed by atoms with Crippen molar-refractivity contribution in [3.8, 4) is 5.75 Å². The van der Waals surface area contributed by atoms with E-state index < -0.39 is 0 Å². The van der Waals surface area contributed by atoms with Gasteiger partial charge in [0.2, 0.25) is 0 Å². The molecule has 0 radical (unpaired) electrons. The Morgan fingerprint density at radius 1 is 1.10 bits per heavy atom. The molecule has 114 valence electrons. The molecule has 6 heteroatoms. The summed E-state index contributed by atoms with van der Waals surface area (Å²) in [5, 5.41) is 8.25. The van der Waals surface area contributed by atoms with Crippen molar-refractivity contribution in [2.45, 2.75) is 12.8 Å². The Labute approximate surface area is 124 Å². The van der Waals surface area contributed by atoms with Crippen LogP contribution in [0.5, 0.6) is 5.75 Å². The minimum Gasteiger partial charge on any atom is -0.497 e. The quantitative estimate of drug-likeness (QED) is 0.659. The van der Waals surface area contributed by atoms with E-state index in [1.54, 1.807) is 31.4 Å². The van der Waals surface area contributed by atoms with Gasteiger partial charge in [-0.05, 0) is 43.0 Å². The maximum Gasteiger partial charge on any atom is 0.314 e. The first-order chi connectivity index (χ1) is 10.2. The third kappa shape index (κ3) is 5.33. The first-order valence-electron chi connectivity index (χ1n) is 7.13. The van der Waals surface area contributed by atoms with Crippen molar-refractivity contribution in [2.75, 3.05) is 26.7 Å². The summed E-state index contributed by atoms with van der Waals surface area (Å²) < 4.78 is 5.03. The van der Waals surface area contributed by atoms with Crippen LogP contribution >= 0.6 is 0 Å². The molecule has 0 aliphatic heterocycles. The SMILES string of the molecule is COc1ccc(C(=O)NCCNC(=O)NCC2CC2)cc1. The van der Waals surface area contributed by atoms with Gasteiger partial charge in [0, 0.05) is 25.2 Å². The lowest BCUT2D eigenvalue weighted by molar-refractivity contribution is 0.0954. The molecule has 1 aliphatic rings. The van der Waals surface area contributed by atoms with Crippen molar-refractivity contribution in [2.24, 2.45) is 5.92 Å². The summed E-state index contributed by atoms with van der Waals surface area (Å²) in [6, 6.07) is 6.69. The van der Waals surface area contributed by atoms with E-state index >= 15 is 0 Å². The number of carbonyl (C=O) groups excluding carboxylic acids is 2. The van der Waals surface area contributed by atoms with E-state index in [0.29, 0.717) is 30.3 Å². The number of nitrogens with one attached hydrogen (secondary N) is 3. The van der Waals surface area contributed by atoms with E-state index in [2.05, 4.69) is 16.0 Å². The molecule has 1 aromatic rings. The Balaban J connectivity index is 1.60. The molecule has 1 aromatic carbocycles. The summed E-state index contributed by atoms with van der Waals surface area (Å²) in [5.74, 6) is 1.20. The van der Waals surface area contributed by atoms with Gasteiger partial charge in [-0.25, -0.2) is 4.79 Å². The van der Waals surface area contributed by atoms with E-state index in [9.17, 15) is 9.59 Å². The predicted molar refractivity (Wildman–Crippen MR) is 79.5 cm³/mol. The molecule has 0 bridgehead atoms. The van der Waals surface area contributed by atoms with Crippen LogP contribution in [0.3, 0.4) is 0 Å². The molecule has 0 heterocycles. The van der Waals surface area contributed by atoms with Crippen molar-refractivity contribution >= 4 is 11.9 Å². The molecule has 3 amide bonds. The Morgan fingerprint density at radius 2 is 1.76 bits per heavy atom. The monoisotopic (exact) mass is 291 g/mol. The van der Waals surface area contributed by atoms with E-state index in [1.165, 1.54) is 12.8 Å². The molecule has 0 atom stereocenters. The Kier molecular flexibility index (Phi) is 5.43. The number of hydrogen-bond acceptors (Lipinski definition) is 3. The fourth-order valence-corrected chi connectivity index (χ4v) is 1.82. The van der Waals surface area contributed by atoms with Crippen LogP contribution in [-0.2, 0) is 0 Å². The van der Waals surface area contributed by atoms with Gasteiger partial charge in [-0.15, -0.1) is 0 Å². The normalized spacial score (nSPS) is 13.4. The number of urea groups is 1. The standard InChI is InChI=1S/C15H21N3O3/c1-21-13-6-4-12(5-7-13)14(19)16-8-9-17-15(20)18-10-11-2-3-11/h4-7,11H,2-3,8-10H2,1H3,(H,16,19)(H2,17,18,20). The van der Waals surface area contributed by atoms with Gasteiger partial charge >= 0.3 is 6.03 Å². The largest absolute Gasteiger partial charge is 0.497 e. The van der Waals surface area contributed by atoms with E-state index in [-0.39, 0.29) is 11.9 Å². The van der Waals surface area contributed by atoms with Crippen molar-refractivity contribution in [1.82, 2.24) is 16.0 Å². The highest BCUT2D eigenvalue weighted by molar-refractivity contribution is 5.94. The Bertz CT molecular complexity index is 483. The zero-order valence-corrected chi connectivity index (χ0v) is 12.1. The highest BCUT2D eigenvalue weighted by Gasteiger charge is 2.21. The number of ether oxygens (including phenoxy) is 1. The molecule has 2 rings (SSSR count). The molecule has 1 aliphatic carbocycles. The van der Waals surface area contributed by atoms with Crippen molar-refractivity contribution in [3.63, 3.8) is 0 Å². The van der Waals surface area contributed by atoms with Gasteiger partial charge < -0.3 is 20.7 Å². The topological polar surface area (TPSA) is 79.5 Å². The van der Waals surface area contributed by atoms with Crippen LogP contribution in [0, 0.1) is 5.92 Å². The van der Waals surface area contributed by atoms with Crippen LogP contribution in [-0.4, -0.2) is 38.7 Å². The zero-order valence-electron chi connectivity index (χ0n) is 12.1. The van der Waals surface area contributed by atoms with Crippen LogP contribution in [0.2, 0.25) is 0 Å². The fourth-order valence-electron chi connectivity index (χ4n) is 1.82. The lowest BCUT2D eigenvalue weighted by Crippen LogP contribution is -2.40. The Hall–Kier alpha value is -2.24. The van der Waals surface area contributed by atoms with Crippen molar-refractivity contribution < 1.29 is 14.3 Å². The van der Waals surface area contributed by atoms with E-state index in [0.717, 1.165) is 6.54 Å². The van der Waals surface area contributed by atoms with Gasteiger partial charge in [0.25, 0.3) is 5.91 Å². The van der Waals surface area contributed by atoms with E-state index in [1.807, 2.05) is 0 Å². The summed E-state index contributed by atoms with van der Waals surface area (Å²) in [7, 11) is 1.58. The first-order valence-corrected chi connectivity index (χ1v) is 7.13. The minimum atomic E-state index is -0.180. The van der Waals surface area contributed by atoms with Gasteiger partial charge in [-0.2, -0.15) is 0 Å². The number of hydrogen-bond donors (Lipinski definition) is 3. The van der Waals surface area contributed by atoms with Gasteiger partial charge in [0.05, 0.1) is 7.11 Å². The molecule has 0 spiro atoms. The summed E-state index contributed by atoms with van der Waals surface area (Å²) in [5.41, 5.74) is 0.564. The molecule has 0 aromatic heterocycles. The highest BCUT2D eigenvalue weighted by atomic mass is 16.5. The van der Waals surface area contributed by atoms with E-state index in [4.69, 9.17) is 4.74 Å². The maximum atomic E-state index is 11.8. The van der Waals surface area contributed by atoms with Crippen LogP contribution in [0.1, 0.15) is 23.2 Å². The number of methoxy groups -OCH3 is 1. The van der Waals surface area contributed by atoms with Crippen molar-refractivity contribution in [1.29, 1.82) is 0 Å². The highest BCUT2D eigenvalue weighted by Crippen LogP contribution is 2.27. The molecule has 1 saturated carbocycles. The van der Waals surface area contributed by atoms with Crippen LogP contribution < -0.4 is 20.7 Å². The van der Waals surface area contributed by atoms with Crippen LogP contribution in [0.15, 0.2) is 24.3 Å². The molecule has 0 saturated heterocycles. The van der Waals surface area contributed by atoms with Crippen molar-refractivity contribution in [3.05, 3.63) is 29.8 Å². The lowest BCUT2D eigenvalue weighted by atomic mass is 10.2. The predicted octanol–water partition coefficient (Wildman–Crippen LogP) is 1.13. The summed E-state index contributed by atoms with van der Waals surface area (Å²) >= 11 is 0. The molecule has 21 heavy (non-hydrogen) atoms. The smallest absolute Gasteiger partial charge is 0.314 e. The third-order valence-corrected chi connectivity index (χ3v) is 3.30. The third-order valence-electron chi connectivity index (χ3n) is 3.30. The molecule has 0 unspecified atom stereocenters. The first kappa shape index (κ1) is 15.2. The zero-order chi connectivity index (χ0) is 15.1. The number of amides is 3. The molecule has 6 nitrogen and oxygen atoms in total. The number of benzene rings is 1. The average Bonchev–Trinajstić information content (AvgIpc) is 3.33. The summed E-state index contributed by atoms with van der Waals surface area (Å²) in [6.45, 7) is 1.53. The summed E-state index contributed by atoms with van der Waals surface area (Å²) in [6.07, 6.45) is 2.41. The second-order valence-corrected chi connectivity index (χ2v) is 5.06. The van der Waals surface area contributed by atoms with Gasteiger partial charge in [0.15, 0.2) is 0 Å². The molecular formula is C15H21N3O3. The second-order valence-electron chi connectivity index (χ2n) is 5.06. The fraction of sp³-hybridized carbons (Fsp3) is 0.467. The van der Waals surface area contributed by atoms with Crippen LogP contribution in [0.4, 0.5) is 4.79 Å². The molecular weight excluding hydrogens is 270 g/mol. The maximum absolute atomic E-state index is 11.8. The second kappa shape index (κ2) is 7.52. The molecule has 1 fully saturated rings. The van der Waals surface area contributed by atoms with Crippen LogP contribution in [0.25, 0.3) is 0 Å². The minimum absolute atomic E-state index is 0.169. The number of rotatable bonds is 7. The molecule has 3 N–H and O–H groups in total.